The summed E-state index contributed by atoms with van der Waals surface area (Å²) >= 11 is 0. The van der Waals surface area contributed by atoms with Gasteiger partial charge in [-0.1, -0.05) is 12.8 Å². The number of aliphatic hydroxyl groups excluding tert-OH is 1. The van der Waals surface area contributed by atoms with E-state index < -0.39 is 0 Å². The van der Waals surface area contributed by atoms with E-state index >= 15 is 0 Å². The number of aliphatic hydroxyl groups is 1. The Morgan fingerprint density at radius 3 is 2.93 bits per heavy atom. The molecule has 3 heteroatoms. The van der Waals surface area contributed by atoms with Gasteiger partial charge in [0.15, 0.2) is 0 Å². The fraction of sp³-hybridized carbons (Fsp3) is 0.750. The molecule has 0 aromatic carbocycles. The van der Waals surface area contributed by atoms with Crippen LogP contribution in [0.4, 0.5) is 0 Å². The summed E-state index contributed by atoms with van der Waals surface area (Å²) in [6.45, 7) is 1.35. The van der Waals surface area contributed by atoms with Gasteiger partial charge < -0.3 is 5.11 Å². The third-order valence-electron chi connectivity index (χ3n) is 3.23. The van der Waals surface area contributed by atoms with Gasteiger partial charge in [0.2, 0.25) is 0 Å². The minimum absolute atomic E-state index is 0.272. The second-order valence-electron chi connectivity index (χ2n) is 4.55. The molecule has 1 aliphatic carbocycles. The highest BCUT2D eigenvalue weighted by Gasteiger charge is 2.15. The van der Waals surface area contributed by atoms with E-state index in [0.717, 1.165) is 25.3 Å². The van der Waals surface area contributed by atoms with Gasteiger partial charge in [0.05, 0.1) is 6.20 Å². The van der Waals surface area contributed by atoms with Gasteiger partial charge in [-0.05, 0) is 37.2 Å². The van der Waals surface area contributed by atoms with E-state index in [1.807, 2.05) is 6.20 Å². The number of hydrogen-bond donors (Lipinski definition) is 1. The molecule has 15 heavy (non-hydrogen) atoms. The summed E-state index contributed by atoms with van der Waals surface area (Å²) in [5, 5.41) is 13.1. The molecule has 0 bridgehead atoms. The van der Waals surface area contributed by atoms with Crippen LogP contribution in [0.3, 0.4) is 0 Å². The molecule has 1 saturated carbocycles. The molecule has 1 aromatic heterocycles. The van der Waals surface area contributed by atoms with Crippen molar-refractivity contribution >= 4 is 0 Å². The molecule has 0 unspecified atom stereocenters. The summed E-state index contributed by atoms with van der Waals surface area (Å²) in [5.41, 5.74) is 1.25. The van der Waals surface area contributed by atoms with Crippen LogP contribution in [0.5, 0.6) is 0 Å². The van der Waals surface area contributed by atoms with Gasteiger partial charge in [-0.25, -0.2) is 0 Å². The molecule has 0 saturated heterocycles. The largest absolute Gasteiger partial charge is 0.396 e. The highest BCUT2D eigenvalue weighted by atomic mass is 16.2. The Balaban J connectivity index is 1.83. The summed E-state index contributed by atoms with van der Waals surface area (Å²) in [6, 6.07) is 0. The predicted octanol–water partition coefficient (Wildman–Crippen LogP) is 2.00. The quantitative estimate of drug-likeness (QED) is 0.803. The molecule has 2 rings (SSSR count). The number of hydrogen-bond acceptors (Lipinski definition) is 2. The predicted molar refractivity (Wildman–Crippen MR) is 59.6 cm³/mol. The Morgan fingerprint density at radius 1 is 1.40 bits per heavy atom. The lowest BCUT2D eigenvalue weighted by Crippen LogP contribution is -2.07. The monoisotopic (exact) mass is 208 g/mol. The lowest BCUT2D eigenvalue weighted by atomic mass is 10.1. The van der Waals surface area contributed by atoms with Crippen molar-refractivity contribution in [1.29, 1.82) is 0 Å². The van der Waals surface area contributed by atoms with E-state index in [-0.39, 0.29) is 6.61 Å². The third-order valence-corrected chi connectivity index (χ3v) is 3.23. The van der Waals surface area contributed by atoms with Crippen molar-refractivity contribution in [3.8, 4) is 0 Å². The number of aromatic nitrogens is 2. The van der Waals surface area contributed by atoms with Gasteiger partial charge in [0, 0.05) is 19.3 Å². The van der Waals surface area contributed by atoms with Crippen molar-refractivity contribution in [2.75, 3.05) is 6.61 Å². The number of rotatable bonds is 5. The van der Waals surface area contributed by atoms with Crippen molar-refractivity contribution in [1.82, 2.24) is 9.78 Å². The molecule has 3 nitrogen and oxygen atoms in total. The fourth-order valence-corrected chi connectivity index (χ4v) is 2.38. The van der Waals surface area contributed by atoms with Crippen LogP contribution in [-0.2, 0) is 13.0 Å². The molecule has 1 aliphatic rings. The zero-order chi connectivity index (χ0) is 10.5. The highest BCUT2D eigenvalue weighted by Crippen LogP contribution is 2.25. The average Bonchev–Trinajstić information content (AvgIpc) is 2.87. The normalized spacial score (nSPS) is 17.4. The lowest BCUT2D eigenvalue weighted by molar-refractivity contribution is 0.288. The summed E-state index contributed by atoms with van der Waals surface area (Å²) < 4.78 is 2.07. The van der Waals surface area contributed by atoms with Gasteiger partial charge in [0.1, 0.15) is 0 Å². The zero-order valence-corrected chi connectivity index (χ0v) is 9.23. The first-order chi connectivity index (χ1) is 7.38. The van der Waals surface area contributed by atoms with Crippen LogP contribution in [-0.4, -0.2) is 21.5 Å². The number of aryl methyl sites for hydroxylation is 1. The minimum Gasteiger partial charge on any atom is -0.396 e. The van der Waals surface area contributed by atoms with Crippen molar-refractivity contribution in [3.63, 3.8) is 0 Å². The molecule has 1 aromatic rings. The van der Waals surface area contributed by atoms with Crippen molar-refractivity contribution in [2.45, 2.75) is 45.1 Å². The summed E-state index contributed by atoms with van der Waals surface area (Å²) in [4.78, 5) is 0. The first-order valence-electron chi connectivity index (χ1n) is 6.00. The van der Waals surface area contributed by atoms with Gasteiger partial charge in [0.25, 0.3) is 0 Å². The Bertz CT molecular complexity index is 290. The Hall–Kier alpha value is -0.830. The maximum Gasteiger partial charge on any atom is 0.0521 e. The van der Waals surface area contributed by atoms with E-state index in [4.69, 9.17) is 5.11 Å². The molecule has 1 heterocycles. The van der Waals surface area contributed by atoms with Gasteiger partial charge in [-0.2, -0.15) is 5.10 Å². The maximum atomic E-state index is 8.74. The van der Waals surface area contributed by atoms with Crippen LogP contribution in [0.25, 0.3) is 0 Å². The molecule has 0 spiro atoms. The van der Waals surface area contributed by atoms with Gasteiger partial charge in [-0.15, -0.1) is 0 Å². The summed E-state index contributed by atoms with van der Waals surface area (Å²) in [7, 11) is 0. The molecule has 1 fully saturated rings. The SMILES string of the molecule is OCCCc1cnn(CC2CCCC2)c1. The highest BCUT2D eigenvalue weighted by molar-refractivity contribution is 5.03. The second kappa shape index (κ2) is 5.31. The summed E-state index contributed by atoms with van der Waals surface area (Å²) in [5.74, 6) is 0.843. The van der Waals surface area contributed by atoms with Crippen LogP contribution >= 0.6 is 0 Å². The Labute approximate surface area is 91.1 Å². The lowest BCUT2D eigenvalue weighted by Gasteiger charge is -2.07. The van der Waals surface area contributed by atoms with Gasteiger partial charge >= 0.3 is 0 Å². The molecule has 0 amide bonds. The smallest absolute Gasteiger partial charge is 0.0521 e. The molecule has 0 atom stereocenters. The number of nitrogens with zero attached hydrogens (tertiary/aromatic N) is 2. The molecular weight excluding hydrogens is 188 g/mol. The van der Waals surface area contributed by atoms with E-state index in [2.05, 4.69) is 16.0 Å². The van der Waals surface area contributed by atoms with E-state index in [1.165, 1.54) is 31.2 Å². The Morgan fingerprint density at radius 2 is 2.20 bits per heavy atom. The fourth-order valence-electron chi connectivity index (χ4n) is 2.38. The van der Waals surface area contributed by atoms with Crippen molar-refractivity contribution < 1.29 is 5.11 Å². The van der Waals surface area contributed by atoms with E-state index in [1.54, 1.807) is 0 Å². The topological polar surface area (TPSA) is 38.1 Å². The zero-order valence-electron chi connectivity index (χ0n) is 9.23. The molecule has 1 N–H and O–H groups in total. The van der Waals surface area contributed by atoms with Crippen LogP contribution in [0.1, 0.15) is 37.7 Å². The second-order valence-corrected chi connectivity index (χ2v) is 4.55. The third kappa shape index (κ3) is 3.06. The molecule has 84 valence electrons. The standard InChI is InChI=1S/C12H20N2O/c15-7-3-6-12-8-13-14(10-12)9-11-4-1-2-5-11/h8,10-11,15H,1-7,9H2. The van der Waals surface area contributed by atoms with Crippen LogP contribution in [0.15, 0.2) is 12.4 Å². The molecule has 0 radical (unpaired) electrons. The van der Waals surface area contributed by atoms with Crippen LogP contribution in [0.2, 0.25) is 0 Å². The summed E-state index contributed by atoms with van der Waals surface area (Å²) in [6.07, 6.45) is 11.4. The first kappa shape index (κ1) is 10.7. The van der Waals surface area contributed by atoms with E-state index in [0.29, 0.717) is 0 Å². The first-order valence-corrected chi connectivity index (χ1v) is 6.00. The molecule has 0 aliphatic heterocycles. The average molecular weight is 208 g/mol. The van der Waals surface area contributed by atoms with Gasteiger partial charge in [-0.3, -0.25) is 4.68 Å². The van der Waals surface area contributed by atoms with E-state index in [9.17, 15) is 0 Å². The Kier molecular flexibility index (Phi) is 3.78. The van der Waals surface area contributed by atoms with Crippen molar-refractivity contribution in [3.05, 3.63) is 18.0 Å². The minimum atomic E-state index is 0.272. The van der Waals surface area contributed by atoms with Crippen LogP contribution in [0, 0.1) is 5.92 Å². The van der Waals surface area contributed by atoms with Crippen molar-refractivity contribution in [2.24, 2.45) is 5.92 Å². The van der Waals surface area contributed by atoms with Crippen LogP contribution < -0.4 is 0 Å². The molecular formula is C12H20N2O. The maximum absolute atomic E-state index is 8.74.